The maximum Gasteiger partial charge on any atom is 0.197 e. The number of hydrogen-bond acceptors (Lipinski definition) is 3. The van der Waals surface area contributed by atoms with Gasteiger partial charge in [-0.3, -0.25) is 0 Å². The summed E-state index contributed by atoms with van der Waals surface area (Å²) in [5, 5.41) is 11.1. The van der Waals surface area contributed by atoms with Gasteiger partial charge in [-0.1, -0.05) is 166 Å². The lowest BCUT2D eigenvalue weighted by Gasteiger charge is -2.41. The lowest BCUT2D eigenvalue weighted by molar-refractivity contribution is 0.332. The molecule has 0 atom stereocenters. The van der Waals surface area contributed by atoms with Gasteiger partial charge in [-0.05, 0) is 127 Å². The number of nitrogens with one attached hydrogen (secondary N) is 1. The van der Waals surface area contributed by atoms with Gasteiger partial charge in [-0.25, -0.2) is 0 Å². The molecule has 11 rings (SSSR count). The Balaban J connectivity index is 1.19. The predicted molar refractivity (Wildman–Crippen MR) is 281 cm³/mol. The maximum absolute atomic E-state index is 6.98. The minimum Gasteiger partial charge on any atom is -0.456 e. The Labute approximate surface area is 386 Å². The summed E-state index contributed by atoms with van der Waals surface area (Å²) in [4.78, 5) is 2.54. The van der Waals surface area contributed by atoms with Gasteiger partial charge < -0.3 is 14.6 Å². The summed E-state index contributed by atoms with van der Waals surface area (Å²) >= 11 is 0. The molecular formula is C61H60BN2O. The molecule has 0 saturated carbocycles. The molecule has 1 N–H and O–H groups in total. The highest BCUT2D eigenvalue weighted by Gasteiger charge is 2.38. The molecule has 2 heterocycles. The number of aryl methyl sites for hydroxylation is 1. The summed E-state index contributed by atoms with van der Waals surface area (Å²) in [5.74, 6) is 0. The van der Waals surface area contributed by atoms with Crippen LogP contribution in [0.3, 0.4) is 0 Å². The Morgan fingerprint density at radius 2 is 1.17 bits per heavy atom. The summed E-state index contributed by atoms with van der Waals surface area (Å²) in [6.45, 7) is 25.6. The molecule has 4 heteroatoms. The van der Waals surface area contributed by atoms with Gasteiger partial charge in [0.05, 0.1) is 5.69 Å². The van der Waals surface area contributed by atoms with E-state index in [-0.39, 0.29) is 21.7 Å². The molecule has 0 saturated heterocycles. The van der Waals surface area contributed by atoms with Gasteiger partial charge in [0.15, 0.2) is 7.28 Å². The monoisotopic (exact) mass is 847 g/mol. The normalized spacial score (nSPS) is 15.5. The first kappa shape index (κ1) is 41.4. The Kier molecular flexibility index (Phi) is 9.16. The van der Waals surface area contributed by atoms with Crippen molar-refractivity contribution in [3.05, 3.63) is 161 Å². The van der Waals surface area contributed by atoms with E-state index in [9.17, 15) is 0 Å². The highest BCUT2D eigenvalue weighted by molar-refractivity contribution is 6.74. The zero-order chi connectivity index (χ0) is 45.4. The quantitative estimate of drug-likeness (QED) is 0.179. The molecule has 0 spiro atoms. The van der Waals surface area contributed by atoms with Crippen LogP contribution in [0.2, 0.25) is 0 Å². The van der Waals surface area contributed by atoms with Gasteiger partial charge in [0.1, 0.15) is 11.2 Å². The molecule has 0 amide bonds. The Hall–Kier alpha value is -6.26. The van der Waals surface area contributed by atoms with Crippen LogP contribution >= 0.6 is 0 Å². The van der Waals surface area contributed by atoms with Gasteiger partial charge in [-0.2, -0.15) is 0 Å². The van der Waals surface area contributed by atoms with Crippen LogP contribution in [0.4, 0.5) is 28.4 Å². The van der Waals surface area contributed by atoms with Gasteiger partial charge in [0, 0.05) is 55.9 Å². The van der Waals surface area contributed by atoms with E-state index in [2.05, 4.69) is 227 Å². The fourth-order valence-corrected chi connectivity index (χ4v) is 10.9. The standard InChI is InChI=1S/C61H60BN2O/c1-36-30-40(59(5,6)7)23-27-51(36)64-52-35-54-46(45-32-48-49(34-53(45)65-54)61(10,11)29-28-60(48,8)9)33-50(52)62-55-47(31-38-17-13-15-19-43(38)57(55)64)44-26-20-37-16-12-14-18-42(37)56(44)63-41-24-21-39(22-25-41)58(2,3)4/h12-27,30-35,63H,28-29H2,1-11H3. The van der Waals surface area contributed by atoms with Crippen molar-refractivity contribution in [3.8, 4) is 11.1 Å². The minimum absolute atomic E-state index is 0.0178. The van der Waals surface area contributed by atoms with Crippen LogP contribution in [0.1, 0.15) is 110 Å². The Morgan fingerprint density at radius 3 is 1.86 bits per heavy atom. The largest absolute Gasteiger partial charge is 0.456 e. The highest BCUT2D eigenvalue weighted by atomic mass is 16.3. The summed E-state index contributed by atoms with van der Waals surface area (Å²) < 4.78 is 6.98. The predicted octanol–water partition coefficient (Wildman–Crippen LogP) is 16.0. The molecule has 65 heavy (non-hydrogen) atoms. The van der Waals surface area contributed by atoms with Gasteiger partial charge in [0.2, 0.25) is 0 Å². The third-order valence-corrected chi connectivity index (χ3v) is 15.0. The van der Waals surface area contributed by atoms with Crippen molar-refractivity contribution in [2.45, 2.75) is 111 Å². The summed E-state index contributed by atoms with van der Waals surface area (Å²) in [6.07, 6.45) is 2.33. The van der Waals surface area contributed by atoms with Gasteiger partial charge >= 0.3 is 0 Å². The van der Waals surface area contributed by atoms with Crippen molar-refractivity contribution in [2.24, 2.45) is 0 Å². The topological polar surface area (TPSA) is 28.4 Å². The van der Waals surface area contributed by atoms with Crippen molar-refractivity contribution in [2.75, 3.05) is 10.2 Å². The van der Waals surface area contributed by atoms with Crippen molar-refractivity contribution < 1.29 is 4.42 Å². The molecule has 1 aliphatic heterocycles. The van der Waals surface area contributed by atoms with Gasteiger partial charge in [-0.15, -0.1) is 0 Å². The number of hydrogen-bond donors (Lipinski definition) is 1. The van der Waals surface area contributed by atoms with E-state index in [4.69, 9.17) is 4.42 Å². The molecule has 323 valence electrons. The van der Waals surface area contributed by atoms with Crippen LogP contribution in [-0.2, 0) is 21.7 Å². The van der Waals surface area contributed by atoms with E-state index < -0.39 is 0 Å². The number of benzene rings is 8. The lowest BCUT2D eigenvalue weighted by atomic mass is 9.57. The molecule has 1 aromatic heterocycles. The molecule has 8 aromatic carbocycles. The summed E-state index contributed by atoms with van der Waals surface area (Å²) in [6, 6.07) is 50.3. The molecule has 9 aromatic rings. The van der Waals surface area contributed by atoms with Crippen molar-refractivity contribution in [3.63, 3.8) is 0 Å². The van der Waals surface area contributed by atoms with Crippen LogP contribution in [-0.4, -0.2) is 7.28 Å². The van der Waals surface area contributed by atoms with Crippen molar-refractivity contribution >= 4 is 90.1 Å². The van der Waals surface area contributed by atoms with Crippen LogP contribution in [0.5, 0.6) is 0 Å². The SMILES string of the molecule is Cc1cc(C(C)(C)C)ccc1N1c2cc3oc4cc5c(cc4c3cc2[B]c2c(-c3ccc4ccccc4c3Nc3ccc(C(C)(C)C)cc3)cc3ccccc3c21)C(C)(C)CCC5(C)C. The molecule has 0 fully saturated rings. The second-order valence-electron chi connectivity index (χ2n) is 22.5. The number of fused-ring (bicyclic) bond motifs is 9. The first-order valence-corrected chi connectivity index (χ1v) is 23.6. The van der Waals surface area contributed by atoms with Gasteiger partial charge in [0.25, 0.3) is 0 Å². The van der Waals surface area contributed by atoms with Crippen LogP contribution < -0.4 is 21.1 Å². The van der Waals surface area contributed by atoms with E-state index in [0.717, 1.165) is 45.6 Å². The minimum atomic E-state index is 0.0178. The highest BCUT2D eigenvalue weighted by Crippen LogP contribution is 2.50. The van der Waals surface area contributed by atoms with Crippen molar-refractivity contribution in [1.82, 2.24) is 0 Å². The average Bonchev–Trinajstić information content (AvgIpc) is 3.62. The number of rotatable bonds is 4. The van der Waals surface area contributed by atoms with E-state index in [0.29, 0.717) is 0 Å². The second-order valence-corrected chi connectivity index (χ2v) is 22.5. The lowest BCUT2D eigenvalue weighted by Crippen LogP contribution is -2.41. The average molecular weight is 848 g/mol. The first-order valence-electron chi connectivity index (χ1n) is 23.6. The third kappa shape index (κ3) is 6.78. The molecule has 1 aliphatic carbocycles. The molecular weight excluding hydrogens is 787 g/mol. The zero-order valence-electron chi connectivity index (χ0n) is 40.0. The summed E-state index contributed by atoms with van der Waals surface area (Å²) in [5.41, 5.74) is 19.3. The first-order chi connectivity index (χ1) is 30.9. The molecule has 0 unspecified atom stereocenters. The zero-order valence-corrected chi connectivity index (χ0v) is 40.0. The fourth-order valence-electron chi connectivity index (χ4n) is 10.9. The Morgan fingerprint density at radius 1 is 0.554 bits per heavy atom. The molecule has 0 bridgehead atoms. The Bertz CT molecular complexity index is 3410. The van der Waals surface area contributed by atoms with E-state index >= 15 is 0 Å². The second kappa shape index (κ2) is 14.4. The molecule has 1 radical (unpaired) electrons. The third-order valence-electron chi connectivity index (χ3n) is 15.0. The number of nitrogens with zero attached hydrogens (tertiary/aromatic N) is 1. The van der Waals surface area contributed by atoms with Crippen LogP contribution in [0.25, 0.3) is 54.6 Å². The van der Waals surface area contributed by atoms with E-state index in [1.54, 1.807) is 0 Å². The number of furan rings is 1. The number of anilines is 5. The molecule has 3 nitrogen and oxygen atoms in total. The van der Waals surface area contributed by atoms with E-state index in [1.165, 1.54) is 89.0 Å². The van der Waals surface area contributed by atoms with Crippen molar-refractivity contribution in [1.29, 1.82) is 0 Å². The summed E-state index contributed by atoms with van der Waals surface area (Å²) in [7, 11) is 2.46. The van der Waals surface area contributed by atoms with E-state index in [1.807, 2.05) is 0 Å². The fraction of sp³-hybridized carbons (Fsp3) is 0.279. The van der Waals surface area contributed by atoms with Crippen LogP contribution in [0, 0.1) is 6.92 Å². The smallest absolute Gasteiger partial charge is 0.197 e. The molecule has 2 aliphatic rings. The maximum atomic E-state index is 6.98. The van der Waals surface area contributed by atoms with Crippen LogP contribution in [0.15, 0.2) is 138 Å².